The SMILES string of the molecule is CCN(C(=O)[C@H](C)OC(=O)c1ccc(C)c(OC)c1)c1ccccc1. The van der Waals surface area contributed by atoms with Crippen molar-refractivity contribution >= 4 is 17.6 Å². The molecule has 132 valence electrons. The highest BCUT2D eigenvalue weighted by Crippen LogP contribution is 2.20. The predicted octanol–water partition coefficient (Wildman–Crippen LogP) is 3.60. The van der Waals surface area contributed by atoms with E-state index in [1.807, 2.05) is 44.2 Å². The fourth-order valence-corrected chi connectivity index (χ4v) is 2.52. The molecule has 5 nitrogen and oxygen atoms in total. The fourth-order valence-electron chi connectivity index (χ4n) is 2.52. The molecule has 2 rings (SSSR count). The molecule has 0 radical (unpaired) electrons. The van der Waals surface area contributed by atoms with Gasteiger partial charge >= 0.3 is 5.97 Å². The number of aryl methyl sites for hydroxylation is 1. The number of carbonyl (C=O) groups excluding carboxylic acids is 2. The maximum absolute atomic E-state index is 12.6. The highest BCUT2D eigenvalue weighted by Gasteiger charge is 2.24. The summed E-state index contributed by atoms with van der Waals surface area (Å²) < 4.78 is 10.6. The summed E-state index contributed by atoms with van der Waals surface area (Å²) in [6.07, 6.45) is -0.889. The minimum absolute atomic E-state index is 0.263. The molecule has 0 heterocycles. The summed E-state index contributed by atoms with van der Waals surface area (Å²) in [6, 6.07) is 14.4. The number of benzene rings is 2. The molecular weight excluding hydrogens is 318 g/mol. The van der Waals surface area contributed by atoms with Gasteiger partial charge in [-0.1, -0.05) is 24.3 Å². The summed E-state index contributed by atoms with van der Waals surface area (Å²) in [5, 5.41) is 0. The van der Waals surface area contributed by atoms with Gasteiger partial charge in [0, 0.05) is 12.2 Å². The Kier molecular flexibility index (Phi) is 6.17. The number of para-hydroxylation sites is 1. The van der Waals surface area contributed by atoms with E-state index in [2.05, 4.69) is 0 Å². The molecule has 2 aromatic rings. The molecule has 0 aliphatic carbocycles. The van der Waals surface area contributed by atoms with Gasteiger partial charge < -0.3 is 14.4 Å². The molecule has 1 atom stereocenters. The van der Waals surface area contributed by atoms with Crippen LogP contribution in [0.3, 0.4) is 0 Å². The third-order valence-electron chi connectivity index (χ3n) is 3.93. The minimum Gasteiger partial charge on any atom is -0.496 e. The minimum atomic E-state index is -0.889. The smallest absolute Gasteiger partial charge is 0.339 e. The monoisotopic (exact) mass is 341 g/mol. The first-order chi connectivity index (χ1) is 12.0. The second-order valence-electron chi connectivity index (χ2n) is 5.65. The van der Waals surface area contributed by atoms with E-state index >= 15 is 0 Å². The molecule has 0 bridgehead atoms. The summed E-state index contributed by atoms with van der Waals surface area (Å²) in [5.74, 6) is -0.211. The van der Waals surface area contributed by atoms with Gasteiger partial charge in [-0.25, -0.2) is 4.79 Å². The first kappa shape index (κ1) is 18.5. The van der Waals surface area contributed by atoms with Crippen molar-refractivity contribution in [1.82, 2.24) is 0 Å². The van der Waals surface area contributed by atoms with Crippen LogP contribution in [0.4, 0.5) is 5.69 Å². The summed E-state index contributed by atoms with van der Waals surface area (Å²) >= 11 is 0. The molecule has 1 amide bonds. The van der Waals surface area contributed by atoms with Gasteiger partial charge in [-0.15, -0.1) is 0 Å². The predicted molar refractivity (Wildman–Crippen MR) is 97.1 cm³/mol. The number of carbonyl (C=O) groups is 2. The Morgan fingerprint density at radius 3 is 2.40 bits per heavy atom. The van der Waals surface area contributed by atoms with Gasteiger partial charge in [0.15, 0.2) is 6.10 Å². The molecule has 0 aromatic heterocycles. The van der Waals surface area contributed by atoms with Crippen molar-refractivity contribution in [2.75, 3.05) is 18.6 Å². The number of likely N-dealkylation sites (N-methyl/N-ethyl adjacent to an activating group) is 1. The third kappa shape index (κ3) is 4.38. The number of nitrogens with zero attached hydrogens (tertiary/aromatic N) is 1. The second-order valence-corrected chi connectivity index (χ2v) is 5.65. The van der Waals surface area contributed by atoms with Crippen molar-refractivity contribution in [1.29, 1.82) is 0 Å². The van der Waals surface area contributed by atoms with Crippen LogP contribution in [0.25, 0.3) is 0 Å². The van der Waals surface area contributed by atoms with Crippen LogP contribution in [-0.4, -0.2) is 31.6 Å². The zero-order valence-electron chi connectivity index (χ0n) is 15.0. The zero-order valence-corrected chi connectivity index (χ0v) is 15.0. The number of methoxy groups -OCH3 is 1. The van der Waals surface area contributed by atoms with Crippen molar-refractivity contribution in [2.24, 2.45) is 0 Å². The zero-order chi connectivity index (χ0) is 18.4. The Balaban J connectivity index is 2.11. The third-order valence-corrected chi connectivity index (χ3v) is 3.93. The van der Waals surface area contributed by atoms with Crippen LogP contribution >= 0.6 is 0 Å². The molecule has 0 aliphatic rings. The normalized spacial score (nSPS) is 11.5. The number of ether oxygens (including phenoxy) is 2. The molecule has 0 unspecified atom stereocenters. The molecule has 5 heteroatoms. The number of anilines is 1. The Bertz CT molecular complexity index is 743. The van der Waals surface area contributed by atoms with Crippen LogP contribution < -0.4 is 9.64 Å². The van der Waals surface area contributed by atoms with Gasteiger partial charge in [-0.05, 0) is 50.6 Å². The van der Waals surface area contributed by atoms with E-state index in [1.54, 1.807) is 37.1 Å². The lowest BCUT2D eigenvalue weighted by Crippen LogP contribution is -2.40. The summed E-state index contributed by atoms with van der Waals surface area (Å²) in [4.78, 5) is 26.6. The molecule has 2 aromatic carbocycles. The van der Waals surface area contributed by atoms with E-state index in [4.69, 9.17) is 9.47 Å². The van der Waals surface area contributed by atoms with Crippen molar-refractivity contribution in [3.05, 3.63) is 59.7 Å². The molecular formula is C20H23NO4. The fraction of sp³-hybridized carbons (Fsp3) is 0.300. The highest BCUT2D eigenvalue weighted by atomic mass is 16.5. The van der Waals surface area contributed by atoms with Crippen LogP contribution in [0.15, 0.2) is 48.5 Å². The van der Waals surface area contributed by atoms with E-state index < -0.39 is 12.1 Å². The lowest BCUT2D eigenvalue weighted by Gasteiger charge is -2.24. The van der Waals surface area contributed by atoms with E-state index in [1.165, 1.54) is 0 Å². The molecule has 25 heavy (non-hydrogen) atoms. The van der Waals surface area contributed by atoms with Crippen LogP contribution in [-0.2, 0) is 9.53 Å². The summed E-state index contributed by atoms with van der Waals surface area (Å²) in [5.41, 5.74) is 2.05. The molecule has 0 saturated heterocycles. The Morgan fingerprint density at radius 1 is 1.12 bits per heavy atom. The largest absolute Gasteiger partial charge is 0.496 e. The number of hydrogen-bond acceptors (Lipinski definition) is 4. The van der Waals surface area contributed by atoms with Crippen molar-refractivity contribution in [3.63, 3.8) is 0 Å². The molecule has 0 aliphatic heterocycles. The van der Waals surface area contributed by atoms with E-state index in [9.17, 15) is 9.59 Å². The quantitative estimate of drug-likeness (QED) is 0.753. The lowest BCUT2D eigenvalue weighted by atomic mass is 10.1. The maximum atomic E-state index is 12.6. The van der Waals surface area contributed by atoms with E-state index in [0.29, 0.717) is 17.9 Å². The number of rotatable bonds is 6. The van der Waals surface area contributed by atoms with Gasteiger partial charge in [0.05, 0.1) is 12.7 Å². The topological polar surface area (TPSA) is 55.8 Å². The highest BCUT2D eigenvalue weighted by molar-refractivity contribution is 5.99. The van der Waals surface area contributed by atoms with Crippen molar-refractivity contribution in [2.45, 2.75) is 26.9 Å². The summed E-state index contributed by atoms with van der Waals surface area (Å²) in [6.45, 7) is 5.84. The van der Waals surface area contributed by atoms with Crippen LogP contribution in [0, 0.1) is 6.92 Å². The van der Waals surface area contributed by atoms with Gasteiger partial charge in [0.1, 0.15) is 5.75 Å². The molecule has 0 spiro atoms. The van der Waals surface area contributed by atoms with Gasteiger partial charge in [-0.2, -0.15) is 0 Å². The molecule has 0 saturated carbocycles. The molecule has 0 N–H and O–H groups in total. The number of amides is 1. The second kappa shape index (κ2) is 8.33. The van der Waals surface area contributed by atoms with E-state index in [0.717, 1.165) is 11.3 Å². The van der Waals surface area contributed by atoms with Crippen molar-refractivity contribution in [3.8, 4) is 5.75 Å². The van der Waals surface area contributed by atoms with Gasteiger partial charge in [0.2, 0.25) is 0 Å². The van der Waals surface area contributed by atoms with Gasteiger partial charge in [0.25, 0.3) is 5.91 Å². The van der Waals surface area contributed by atoms with Crippen LogP contribution in [0.5, 0.6) is 5.75 Å². The lowest BCUT2D eigenvalue weighted by molar-refractivity contribution is -0.126. The van der Waals surface area contributed by atoms with Crippen molar-refractivity contribution < 1.29 is 19.1 Å². The van der Waals surface area contributed by atoms with Crippen LogP contribution in [0.2, 0.25) is 0 Å². The van der Waals surface area contributed by atoms with Crippen LogP contribution in [0.1, 0.15) is 29.8 Å². The Morgan fingerprint density at radius 2 is 1.80 bits per heavy atom. The average molecular weight is 341 g/mol. The number of hydrogen-bond donors (Lipinski definition) is 0. The van der Waals surface area contributed by atoms with E-state index in [-0.39, 0.29) is 5.91 Å². The Hall–Kier alpha value is -2.82. The first-order valence-electron chi connectivity index (χ1n) is 8.20. The Labute approximate surface area is 148 Å². The summed E-state index contributed by atoms with van der Waals surface area (Å²) in [7, 11) is 1.54. The number of esters is 1. The first-order valence-corrected chi connectivity index (χ1v) is 8.20. The average Bonchev–Trinajstić information content (AvgIpc) is 2.63. The molecule has 0 fully saturated rings. The van der Waals surface area contributed by atoms with Gasteiger partial charge in [-0.3, -0.25) is 4.79 Å². The standard InChI is InChI=1S/C20H23NO4/c1-5-21(17-9-7-6-8-10-17)19(22)15(3)25-20(23)16-12-11-14(2)18(13-16)24-4/h6-13,15H,5H2,1-4H3/t15-/m0/s1. The maximum Gasteiger partial charge on any atom is 0.339 e.